The third-order valence-corrected chi connectivity index (χ3v) is 5.19. The Hall–Kier alpha value is -0.820. The van der Waals surface area contributed by atoms with Crippen LogP contribution in [0, 0.1) is 0 Å². The molecule has 1 aromatic rings. The molecule has 0 bridgehead atoms. The van der Waals surface area contributed by atoms with E-state index in [9.17, 15) is 4.79 Å². The van der Waals surface area contributed by atoms with Gasteiger partial charge in [0.25, 0.3) is 5.91 Å². The Balaban J connectivity index is 1.77. The summed E-state index contributed by atoms with van der Waals surface area (Å²) in [4.78, 5) is 11.9. The number of hydrogen-bond acceptors (Lipinski definition) is 6. The van der Waals surface area contributed by atoms with E-state index in [2.05, 4.69) is 27.8 Å². The molecule has 19 heavy (non-hydrogen) atoms. The van der Waals surface area contributed by atoms with E-state index in [0.717, 1.165) is 24.6 Å². The molecule has 106 valence electrons. The minimum absolute atomic E-state index is 0.103. The van der Waals surface area contributed by atoms with Crippen molar-refractivity contribution in [3.63, 3.8) is 0 Å². The Morgan fingerprint density at radius 2 is 2.32 bits per heavy atom. The molecule has 1 saturated heterocycles. The first-order chi connectivity index (χ1) is 9.29. The van der Waals surface area contributed by atoms with Crippen LogP contribution in [0.3, 0.4) is 0 Å². The Bertz CT molecular complexity index is 404. The molecule has 1 atom stereocenters. The molecule has 2 N–H and O–H groups in total. The summed E-state index contributed by atoms with van der Waals surface area (Å²) in [5.41, 5.74) is 0. The van der Waals surface area contributed by atoms with Gasteiger partial charge in [0, 0.05) is 18.3 Å². The Morgan fingerprint density at radius 1 is 1.42 bits per heavy atom. The van der Waals surface area contributed by atoms with Gasteiger partial charge in [0.1, 0.15) is 0 Å². The minimum atomic E-state index is -0.103. The highest BCUT2D eigenvalue weighted by molar-refractivity contribution is 7.99. The first-order valence-electron chi connectivity index (χ1n) is 6.76. The molecule has 0 saturated carbocycles. The largest absolute Gasteiger partial charge is 0.360 e. The van der Waals surface area contributed by atoms with Crippen LogP contribution in [0.4, 0.5) is 5.13 Å². The van der Waals surface area contributed by atoms with E-state index in [1.807, 2.05) is 11.8 Å². The third kappa shape index (κ3) is 4.65. The molecule has 7 heteroatoms. The van der Waals surface area contributed by atoms with Gasteiger partial charge in [-0.1, -0.05) is 24.7 Å². The molecule has 1 aliphatic rings. The minimum Gasteiger partial charge on any atom is -0.360 e. The molecule has 5 nitrogen and oxygen atoms in total. The normalized spacial score (nSPS) is 19.1. The SMILES string of the molecule is CCCNc1nnc(C(=O)NCC2CCCCS2)s1. The van der Waals surface area contributed by atoms with Crippen molar-refractivity contribution in [1.29, 1.82) is 0 Å². The molecule has 1 unspecified atom stereocenters. The second-order valence-electron chi connectivity index (χ2n) is 4.54. The summed E-state index contributed by atoms with van der Waals surface area (Å²) in [6, 6.07) is 0. The van der Waals surface area contributed by atoms with E-state index in [-0.39, 0.29) is 5.91 Å². The van der Waals surface area contributed by atoms with Gasteiger partial charge in [0.2, 0.25) is 10.1 Å². The fourth-order valence-electron chi connectivity index (χ4n) is 1.87. The number of hydrogen-bond donors (Lipinski definition) is 2. The van der Waals surface area contributed by atoms with Crippen molar-refractivity contribution in [3.8, 4) is 0 Å². The van der Waals surface area contributed by atoms with Gasteiger partial charge in [-0.2, -0.15) is 11.8 Å². The maximum atomic E-state index is 11.9. The number of carbonyl (C=O) groups excluding carboxylic acids is 1. The van der Waals surface area contributed by atoms with Crippen molar-refractivity contribution in [2.45, 2.75) is 37.9 Å². The molecule has 1 aliphatic heterocycles. The van der Waals surface area contributed by atoms with E-state index < -0.39 is 0 Å². The van der Waals surface area contributed by atoms with Gasteiger partial charge in [0.15, 0.2) is 0 Å². The monoisotopic (exact) mass is 300 g/mol. The van der Waals surface area contributed by atoms with E-state index in [1.165, 1.54) is 36.4 Å². The van der Waals surface area contributed by atoms with Crippen LogP contribution in [0.15, 0.2) is 0 Å². The van der Waals surface area contributed by atoms with Gasteiger partial charge >= 0.3 is 0 Å². The number of nitrogens with zero attached hydrogens (tertiary/aromatic N) is 2. The molecule has 0 spiro atoms. The molecule has 0 aromatic carbocycles. The summed E-state index contributed by atoms with van der Waals surface area (Å²) in [5, 5.41) is 15.7. The predicted octanol–water partition coefficient (Wildman–Crippen LogP) is 2.38. The Labute approximate surface area is 122 Å². The number of nitrogens with one attached hydrogen (secondary N) is 2. The number of aromatic nitrogens is 2. The first kappa shape index (κ1) is 14.6. The van der Waals surface area contributed by atoms with Crippen LogP contribution < -0.4 is 10.6 Å². The molecular formula is C12H20N4OS2. The van der Waals surface area contributed by atoms with Crippen molar-refractivity contribution in [2.75, 3.05) is 24.2 Å². The lowest BCUT2D eigenvalue weighted by atomic mass is 10.2. The average Bonchev–Trinajstić information content (AvgIpc) is 2.92. The zero-order valence-corrected chi connectivity index (χ0v) is 12.8. The number of thioether (sulfide) groups is 1. The van der Waals surface area contributed by atoms with Crippen LogP contribution >= 0.6 is 23.1 Å². The summed E-state index contributed by atoms with van der Waals surface area (Å²) < 4.78 is 0. The molecule has 0 aliphatic carbocycles. The highest BCUT2D eigenvalue weighted by atomic mass is 32.2. The summed E-state index contributed by atoms with van der Waals surface area (Å²) in [6.07, 6.45) is 4.81. The van der Waals surface area contributed by atoms with Crippen LogP contribution in [0.2, 0.25) is 0 Å². The van der Waals surface area contributed by atoms with Gasteiger partial charge < -0.3 is 10.6 Å². The van der Waals surface area contributed by atoms with Crippen LogP contribution in [-0.2, 0) is 0 Å². The number of amides is 1. The number of rotatable bonds is 6. The quantitative estimate of drug-likeness (QED) is 0.844. The smallest absolute Gasteiger partial charge is 0.282 e. The topological polar surface area (TPSA) is 66.9 Å². The second-order valence-corrected chi connectivity index (χ2v) is 6.92. The number of carbonyl (C=O) groups is 1. The molecule has 1 fully saturated rings. The molecule has 2 rings (SSSR count). The fraction of sp³-hybridized carbons (Fsp3) is 0.750. The lowest BCUT2D eigenvalue weighted by molar-refractivity contribution is 0.0952. The van der Waals surface area contributed by atoms with Crippen molar-refractivity contribution in [1.82, 2.24) is 15.5 Å². The Kier molecular flexibility index (Phi) is 5.91. The van der Waals surface area contributed by atoms with Crippen molar-refractivity contribution in [2.24, 2.45) is 0 Å². The van der Waals surface area contributed by atoms with Gasteiger partial charge in [-0.3, -0.25) is 4.79 Å². The van der Waals surface area contributed by atoms with E-state index in [4.69, 9.17) is 0 Å². The van der Waals surface area contributed by atoms with Gasteiger partial charge in [-0.15, -0.1) is 10.2 Å². The number of anilines is 1. The average molecular weight is 300 g/mol. The summed E-state index contributed by atoms with van der Waals surface area (Å²) in [7, 11) is 0. The van der Waals surface area contributed by atoms with Crippen LogP contribution in [0.5, 0.6) is 0 Å². The lowest BCUT2D eigenvalue weighted by Gasteiger charge is -2.20. The van der Waals surface area contributed by atoms with Crippen molar-refractivity contribution < 1.29 is 4.79 Å². The van der Waals surface area contributed by atoms with Crippen LogP contribution in [0.25, 0.3) is 0 Å². The maximum absolute atomic E-state index is 11.9. The fourth-order valence-corrected chi connectivity index (χ4v) is 3.79. The molecule has 1 aromatic heterocycles. The summed E-state index contributed by atoms with van der Waals surface area (Å²) >= 11 is 3.27. The van der Waals surface area contributed by atoms with E-state index in [0.29, 0.717) is 10.3 Å². The Morgan fingerprint density at radius 3 is 3.05 bits per heavy atom. The highest BCUT2D eigenvalue weighted by Crippen LogP contribution is 2.24. The third-order valence-electron chi connectivity index (χ3n) is 2.91. The zero-order valence-electron chi connectivity index (χ0n) is 11.1. The molecule has 0 radical (unpaired) electrons. The first-order valence-corrected chi connectivity index (χ1v) is 8.63. The van der Waals surface area contributed by atoms with Crippen LogP contribution in [-0.4, -0.2) is 40.2 Å². The highest BCUT2D eigenvalue weighted by Gasteiger charge is 2.17. The van der Waals surface area contributed by atoms with E-state index >= 15 is 0 Å². The van der Waals surface area contributed by atoms with Crippen LogP contribution in [0.1, 0.15) is 42.4 Å². The summed E-state index contributed by atoms with van der Waals surface area (Å²) in [5.74, 6) is 1.11. The van der Waals surface area contributed by atoms with E-state index in [1.54, 1.807) is 0 Å². The second kappa shape index (κ2) is 7.69. The van der Waals surface area contributed by atoms with Gasteiger partial charge in [0.05, 0.1) is 0 Å². The molecule has 2 heterocycles. The lowest BCUT2D eigenvalue weighted by Crippen LogP contribution is -2.31. The molecule has 1 amide bonds. The van der Waals surface area contributed by atoms with Gasteiger partial charge in [-0.25, -0.2) is 0 Å². The maximum Gasteiger partial charge on any atom is 0.282 e. The summed E-state index contributed by atoms with van der Waals surface area (Å²) in [6.45, 7) is 3.68. The van der Waals surface area contributed by atoms with Crippen molar-refractivity contribution in [3.05, 3.63) is 5.01 Å². The zero-order chi connectivity index (χ0) is 13.5. The van der Waals surface area contributed by atoms with Crippen molar-refractivity contribution >= 4 is 34.1 Å². The standard InChI is InChI=1S/C12H20N4OS2/c1-2-6-13-12-16-15-11(19-12)10(17)14-8-9-5-3-4-7-18-9/h9H,2-8H2,1H3,(H,13,16)(H,14,17). The predicted molar refractivity (Wildman–Crippen MR) is 81.1 cm³/mol. The van der Waals surface area contributed by atoms with Gasteiger partial charge in [-0.05, 0) is 25.0 Å². The molecular weight excluding hydrogens is 280 g/mol.